The lowest BCUT2D eigenvalue weighted by molar-refractivity contribution is -0.137. The second-order valence-corrected chi connectivity index (χ2v) is 3.78. The Morgan fingerprint density at radius 1 is 1.22 bits per heavy atom. The monoisotopic (exact) mass is 255 g/mol. The number of hydrogen-bond donors (Lipinski definition) is 1. The van der Waals surface area contributed by atoms with Crippen LogP contribution in [0.4, 0.5) is 13.2 Å². The molecular formula is C12H12F3N3. The first-order valence-corrected chi connectivity index (χ1v) is 5.42. The van der Waals surface area contributed by atoms with Crippen molar-refractivity contribution < 1.29 is 13.2 Å². The van der Waals surface area contributed by atoms with Crippen molar-refractivity contribution in [1.82, 2.24) is 9.55 Å². The number of nitrogens with zero attached hydrogens (tertiary/aromatic N) is 2. The van der Waals surface area contributed by atoms with Crippen molar-refractivity contribution in [2.75, 3.05) is 6.54 Å². The third kappa shape index (κ3) is 2.38. The Bertz CT molecular complexity index is 531. The lowest BCUT2D eigenvalue weighted by Crippen LogP contribution is -2.12. The van der Waals surface area contributed by atoms with Crippen LogP contribution >= 0.6 is 0 Å². The molecule has 0 amide bonds. The molecule has 2 aromatic rings. The highest BCUT2D eigenvalue weighted by Crippen LogP contribution is 2.36. The van der Waals surface area contributed by atoms with E-state index in [1.54, 1.807) is 16.8 Å². The van der Waals surface area contributed by atoms with Crippen molar-refractivity contribution in [3.8, 4) is 11.4 Å². The quantitative estimate of drug-likeness (QED) is 0.915. The van der Waals surface area contributed by atoms with Crippen LogP contribution in [0.3, 0.4) is 0 Å². The number of aromatic nitrogens is 2. The Morgan fingerprint density at radius 2 is 1.94 bits per heavy atom. The summed E-state index contributed by atoms with van der Waals surface area (Å²) in [5, 5.41) is 0. The van der Waals surface area contributed by atoms with Gasteiger partial charge in [-0.1, -0.05) is 18.2 Å². The van der Waals surface area contributed by atoms with Crippen LogP contribution in [0.25, 0.3) is 11.4 Å². The third-order valence-electron chi connectivity index (χ3n) is 2.56. The molecule has 1 aromatic carbocycles. The summed E-state index contributed by atoms with van der Waals surface area (Å²) in [7, 11) is 0. The molecule has 0 saturated heterocycles. The van der Waals surface area contributed by atoms with Crippen molar-refractivity contribution in [3.63, 3.8) is 0 Å². The van der Waals surface area contributed by atoms with Gasteiger partial charge in [-0.3, -0.25) is 0 Å². The molecule has 0 spiro atoms. The number of hydrogen-bond acceptors (Lipinski definition) is 2. The van der Waals surface area contributed by atoms with E-state index in [-0.39, 0.29) is 11.4 Å². The van der Waals surface area contributed by atoms with Crippen LogP contribution in [0.15, 0.2) is 36.7 Å². The van der Waals surface area contributed by atoms with Gasteiger partial charge in [0.2, 0.25) is 0 Å². The summed E-state index contributed by atoms with van der Waals surface area (Å²) in [4.78, 5) is 3.99. The fourth-order valence-corrected chi connectivity index (χ4v) is 1.80. The minimum atomic E-state index is -4.39. The molecule has 0 radical (unpaired) electrons. The number of nitrogens with two attached hydrogens (primary N) is 1. The summed E-state index contributed by atoms with van der Waals surface area (Å²) in [5.41, 5.74) is 4.81. The van der Waals surface area contributed by atoms with Gasteiger partial charge in [-0.15, -0.1) is 0 Å². The van der Waals surface area contributed by atoms with Gasteiger partial charge in [0.15, 0.2) is 0 Å². The van der Waals surface area contributed by atoms with Crippen LogP contribution in [0.1, 0.15) is 5.56 Å². The van der Waals surface area contributed by atoms with Crippen LogP contribution in [-0.2, 0) is 12.7 Å². The van der Waals surface area contributed by atoms with E-state index in [0.717, 1.165) is 6.07 Å². The molecule has 0 fully saturated rings. The number of imidazole rings is 1. The highest BCUT2D eigenvalue weighted by atomic mass is 19.4. The predicted molar refractivity (Wildman–Crippen MR) is 61.7 cm³/mol. The van der Waals surface area contributed by atoms with E-state index in [1.807, 2.05) is 0 Å². The molecule has 2 N–H and O–H groups in total. The largest absolute Gasteiger partial charge is 0.417 e. The molecule has 0 bridgehead atoms. The maximum Gasteiger partial charge on any atom is 0.417 e. The summed E-state index contributed by atoms with van der Waals surface area (Å²) >= 11 is 0. The van der Waals surface area contributed by atoms with E-state index in [2.05, 4.69) is 4.98 Å². The second kappa shape index (κ2) is 4.81. The molecule has 3 nitrogen and oxygen atoms in total. The van der Waals surface area contributed by atoms with E-state index in [9.17, 15) is 13.2 Å². The van der Waals surface area contributed by atoms with Gasteiger partial charge in [-0.25, -0.2) is 4.98 Å². The van der Waals surface area contributed by atoms with Gasteiger partial charge >= 0.3 is 6.18 Å². The average molecular weight is 255 g/mol. The SMILES string of the molecule is NCCn1ccnc1-c1ccccc1C(F)(F)F. The van der Waals surface area contributed by atoms with Gasteiger partial charge in [-0.2, -0.15) is 13.2 Å². The smallest absolute Gasteiger partial charge is 0.330 e. The lowest BCUT2D eigenvalue weighted by Gasteiger charge is -2.13. The zero-order valence-corrected chi connectivity index (χ0v) is 9.48. The fraction of sp³-hybridized carbons (Fsp3) is 0.250. The number of halogens is 3. The Morgan fingerprint density at radius 3 is 2.61 bits per heavy atom. The predicted octanol–water partition coefficient (Wildman–Crippen LogP) is 2.53. The molecule has 6 heteroatoms. The molecule has 0 saturated carbocycles. The Kier molecular flexibility index (Phi) is 3.38. The molecular weight excluding hydrogens is 243 g/mol. The average Bonchev–Trinajstić information content (AvgIpc) is 2.77. The number of rotatable bonds is 3. The molecule has 0 atom stereocenters. The Labute approximate surface area is 102 Å². The zero-order chi connectivity index (χ0) is 13.2. The summed E-state index contributed by atoms with van der Waals surface area (Å²) < 4.78 is 40.3. The van der Waals surface area contributed by atoms with Gasteiger partial charge in [-0.05, 0) is 6.07 Å². The second-order valence-electron chi connectivity index (χ2n) is 3.78. The van der Waals surface area contributed by atoms with E-state index in [1.165, 1.54) is 18.3 Å². The lowest BCUT2D eigenvalue weighted by atomic mass is 10.1. The van der Waals surface area contributed by atoms with E-state index < -0.39 is 11.7 Å². The van der Waals surface area contributed by atoms with Crippen molar-refractivity contribution >= 4 is 0 Å². The Balaban J connectivity index is 2.54. The van der Waals surface area contributed by atoms with Gasteiger partial charge in [0.05, 0.1) is 5.56 Å². The maximum absolute atomic E-state index is 12.9. The van der Waals surface area contributed by atoms with Gasteiger partial charge in [0, 0.05) is 31.0 Å². The van der Waals surface area contributed by atoms with Crippen LogP contribution in [0.2, 0.25) is 0 Å². The van der Waals surface area contributed by atoms with Gasteiger partial charge in [0.1, 0.15) is 5.82 Å². The molecule has 18 heavy (non-hydrogen) atoms. The van der Waals surface area contributed by atoms with Crippen LogP contribution in [-0.4, -0.2) is 16.1 Å². The van der Waals surface area contributed by atoms with Crippen molar-refractivity contribution in [1.29, 1.82) is 0 Å². The number of benzene rings is 1. The van der Waals surface area contributed by atoms with Crippen LogP contribution in [0.5, 0.6) is 0 Å². The summed E-state index contributed by atoms with van der Waals surface area (Å²) in [5.74, 6) is 0.286. The zero-order valence-electron chi connectivity index (χ0n) is 9.48. The molecule has 2 rings (SSSR count). The van der Waals surface area contributed by atoms with Crippen LogP contribution < -0.4 is 5.73 Å². The van der Waals surface area contributed by atoms with E-state index >= 15 is 0 Å². The van der Waals surface area contributed by atoms with E-state index in [4.69, 9.17) is 5.73 Å². The maximum atomic E-state index is 12.9. The molecule has 0 aliphatic carbocycles. The molecule has 0 unspecified atom stereocenters. The number of alkyl halides is 3. The van der Waals surface area contributed by atoms with Gasteiger partial charge < -0.3 is 10.3 Å². The van der Waals surface area contributed by atoms with E-state index in [0.29, 0.717) is 13.1 Å². The first-order chi connectivity index (χ1) is 8.54. The fourth-order valence-electron chi connectivity index (χ4n) is 1.80. The summed E-state index contributed by atoms with van der Waals surface area (Å²) in [6, 6.07) is 5.39. The van der Waals surface area contributed by atoms with Crippen LogP contribution in [0, 0.1) is 0 Å². The summed E-state index contributed by atoms with van der Waals surface area (Å²) in [6.07, 6.45) is -1.30. The first-order valence-electron chi connectivity index (χ1n) is 5.42. The molecule has 0 aliphatic heterocycles. The van der Waals surface area contributed by atoms with Gasteiger partial charge in [0.25, 0.3) is 0 Å². The third-order valence-corrected chi connectivity index (χ3v) is 2.56. The first kappa shape index (κ1) is 12.6. The standard InChI is InChI=1S/C12H12F3N3/c13-12(14,15)10-4-2-1-3-9(10)11-17-6-8-18(11)7-5-16/h1-4,6,8H,5,7,16H2. The molecule has 1 aromatic heterocycles. The molecule has 0 aliphatic rings. The van der Waals surface area contributed by atoms with Crippen molar-refractivity contribution in [2.24, 2.45) is 5.73 Å². The molecule has 96 valence electrons. The highest BCUT2D eigenvalue weighted by Gasteiger charge is 2.34. The summed E-state index contributed by atoms with van der Waals surface area (Å²) in [6.45, 7) is 0.777. The van der Waals surface area contributed by atoms with Crippen molar-refractivity contribution in [3.05, 3.63) is 42.2 Å². The topological polar surface area (TPSA) is 43.8 Å². The highest BCUT2D eigenvalue weighted by molar-refractivity contribution is 5.61. The normalized spacial score (nSPS) is 11.8. The minimum absolute atomic E-state index is 0.0726. The molecule has 1 heterocycles. The Hall–Kier alpha value is -1.82. The minimum Gasteiger partial charge on any atom is -0.330 e. The van der Waals surface area contributed by atoms with Crippen molar-refractivity contribution in [2.45, 2.75) is 12.7 Å².